The van der Waals surface area contributed by atoms with E-state index in [9.17, 15) is 0 Å². The minimum absolute atomic E-state index is 0.123. The molecule has 0 atom stereocenters. The molecular formula is C51H33NO2. The lowest BCUT2D eigenvalue weighted by Crippen LogP contribution is -2.14. The fourth-order valence-electron chi connectivity index (χ4n) is 9.39. The quantitative estimate of drug-likeness (QED) is 0.185. The Labute approximate surface area is 311 Å². The minimum Gasteiger partial charge on any atom is -0.455 e. The number of hydrogen-bond acceptors (Lipinski definition) is 2. The second kappa shape index (κ2) is 10.6. The maximum Gasteiger partial charge on any atom is 0.143 e. The van der Waals surface area contributed by atoms with Crippen molar-refractivity contribution in [1.29, 1.82) is 0 Å². The van der Waals surface area contributed by atoms with Crippen LogP contribution in [0, 0.1) is 0 Å². The Morgan fingerprint density at radius 3 is 1.80 bits per heavy atom. The van der Waals surface area contributed by atoms with Gasteiger partial charge in [-0.2, -0.15) is 0 Å². The van der Waals surface area contributed by atoms with Crippen molar-refractivity contribution in [3.05, 3.63) is 175 Å². The Morgan fingerprint density at radius 2 is 1.00 bits per heavy atom. The average molecular weight is 692 g/mol. The molecule has 0 fully saturated rings. The van der Waals surface area contributed by atoms with Crippen LogP contribution < -0.4 is 0 Å². The van der Waals surface area contributed by atoms with Crippen LogP contribution in [0.2, 0.25) is 0 Å². The fourth-order valence-corrected chi connectivity index (χ4v) is 9.39. The Hall–Kier alpha value is -6.84. The van der Waals surface area contributed by atoms with E-state index in [2.05, 4.69) is 164 Å². The molecule has 0 bridgehead atoms. The number of para-hydroxylation sites is 4. The second-order valence-corrected chi connectivity index (χ2v) is 15.3. The third-order valence-corrected chi connectivity index (χ3v) is 12.0. The Bertz CT molecular complexity index is 3350. The van der Waals surface area contributed by atoms with Gasteiger partial charge in [-0.05, 0) is 81.9 Å². The fraction of sp³-hybridized carbons (Fsp3) is 0.0588. The molecule has 54 heavy (non-hydrogen) atoms. The van der Waals surface area contributed by atoms with Crippen LogP contribution in [0.4, 0.5) is 0 Å². The van der Waals surface area contributed by atoms with Crippen LogP contribution >= 0.6 is 0 Å². The molecule has 1 aliphatic rings. The average Bonchev–Trinajstić information content (AvgIpc) is 3.94. The van der Waals surface area contributed by atoms with Crippen molar-refractivity contribution in [2.24, 2.45) is 0 Å². The van der Waals surface area contributed by atoms with E-state index in [-0.39, 0.29) is 5.41 Å². The van der Waals surface area contributed by atoms with Gasteiger partial charge in [-0.3, -0.25) is 0 Å². The van der Waals surface area contributed by atoms with Crippen LogP contribution in [0.3, 0.4) is 0 Å². The van der Waals surface area contributed by atoms with Gasteiger partial charge in [0.1, 0.15) is 22.3 Å². The summed E-state index contributed by atoms with van der Waals surface area (Å²) in [5, 5.41) is 7.10. The van der Waals surface area contributed by atoms with Gasteiger partial charge in [0, 0.05) is 54.5 Å². The zero-order valence-electron chi connectivity index (χ0n) is 29.9. The van der Waals surface area contributed by atoms with Crippen molar-refractivity contribution in [2.45, 2.75) is 19.3 Å². The highest BCUT2D eigenvalue weighted by Gasteiger charge is 2.38. The van der Waals surface area contributed by atoms with Crippen molar-refractivity contribution in [3.63, 3.8) is 0 Å². The van der Waals surface area contributed by atoms with E-state index in [0.29, 0.717) is 0 Å². The van der Waals surface area contributed by atoms with Crippen molar-refractivity contribution in [2.75, 3.05) is 0 Å². The molecule has 0 saturated heterocycles. The Balaban J connectivity index is 0.985. The largest absolute Gasteiger partial charge is 0.455 e. The lowest BCUT2D eigenvalue weighted by atomic mass is 9.82. The second-order valence-electron chi connectivity index (χ2n) is 15.3. The zero-order chi connectivity index (χ0) is 35.7. The first kappa shape index (κ1) is 29.7. The molecule has 11 aromatic rings. The predicted molar refractivity (Wildman–Crippen MR) is 224 cm³/mol. The number of furan rings is 2. The van der Waals surface area contributed by atoms with Crippen molar-refractivity contribution >= 4 is 65.7 Å². The molecule has 3 heteroatoms. The molecule has 0 N–H and O–H groups in total. The highest BCUT2D eigenvalue weighted by molar-refractivity contribution is 6.13. The normalized spacial score (nSPS) is 13.5. The van der Waals surface area contributed by atoms with Crippen LogP contribution in [0.15, 0.2) is 173 Å². The molecule has 0 radical (unpaired) electrons. The smallest absolute Gasteiger partial charge is 0.143 e. The molecule has 3 aromatic heterocycles. The molecular weight excluding hydrogens is 659 g/mol. The SMILES string of the molecule is CC1(C)c2ccc(-c3ccc4c(c3)c3ccccc3n4-c3ccc(-c4cccc5c4oc4ccccc45)cc3)cc2-c2c1ccc1c2oc2ccccc21. The van der Waals surface area contributed by atoms with E-state index in [1.54, 1.807) is 0 Å². The molecule has 12 rings (SSSR count). The van der Waals surface area contributed by atoms with Gasteiger partial charge in [-0.1, -0.05) is 129 Å². The van der Waals surface area contributed by atoms with Crippen LogP contribution in [0.5, 0.6) is 0 Å². The topological polar surface area (TPSA) is 31.2 Å². The summed E-state index contributed by atoms with van der Waals surface area (Å²) in [6, 6.07) is 59.2. The molecule has 1 aliphatic carbocycles. The Kier molecular flexibility index (Phi) is 5.84. The predicted octanol–water partition coefficient (Wildman–Crippen LogP) is 14.2. The molecule has 0 saturated carbocycles. The lowest BCUT2D eigenvalue weighted by molar-refractivity contribution is 0.653. The van der Waals surface area contributed by atoms with E-state index in [0.717, 1.165) is 55.3 Å². The molecule has 3 nitrogen and oxygen atoms in total. The van der Waals surface area contributed by atoms with Gasteiger partial charge in [-0.25, -0.2) is 0 Å². The summed E-state index contributed by atoms with van der Waals surface area (Å²) in [4.78, 5) is 0. The summed E-state index contributed by atoms with van der Waals surface area (Å²) in [5.41, 5.74) is 16.9. The van der Waals surface area contributed by atoms with Crippen LogP contribution in [0.1, 0.15) is 25.0 Å². The van der Waals surface area contributed by atoms with E-state index >= 15 is 0 Å². The minimum atomic E-state index is -0.123. The molecule has 0 amide bonds. The zero-order valence-corrected chi connectivity index (χ0v) is 29.9. The van der Waals surface area contributed by atoms with Crippen LogP contribution in [0.25, 0.3) is 105 Å². The number of rotatable bonds is 3. The molecule has 3 heterocycles. The summed E-state index contributed by atoms with van der Waals surface area (Å²) in [6.45, 7) is 4.66. The lowest BCUT2D eigenvalue weighted by Gasteiger charge is -2.21. The molecule has 0 spiro atoms. The highest BCUT2D eigenvalue weighted by atomic mass is 16.3. The van der Waals surface area contributed by atoms with Gasteiger partial charge < -0.3 is 13.4 Å². The summed E-state index contributed by atoms with van der Waals surface area (Å²) >= 11 is 0. The summed E-state index contributed by atoms with van der Waals surface area (Å²) < 4.78 is 15.4. The van der Waals surface area contributed by atoms with Gasteiger partial charge >= 0.3 is 0 Å². The highest BCUT2D eigenvalue weighted by Crippen LogP contribution is 2.53. The molecule has 0 unspecified atom stereocenters. The van der Waals surface area contributed by atoms with Gasteiger partial charge in [0.05, 0.1) is 11.0 Å². The van der Waals surface area contributed by atoms with Crippen LogP contribution in [-0.2, 0) is 5.41 Å². The number of fused-ring (bicyclic) bond motifs is 13. The number of nitrogens with zero attached hydrogens (tertiary/aromatic N) is 1. The first-order valence-electron chi connectivity index (χ1n) is 18.7. The van der Waals surface area contributed by atoms with E-state index in [1.165, 1.54) is 60.6 Å². The first-order valence-corrected chi connectivity index (χ1v) is 18.7. The number of aromatic nitrogens is 1. The van der Waals surface area contributed by atoms with E-state index in [4.69, 9.17) is 8.83 Å². The molecule has 254 valence electrons. The number of benzene rings is 8. The van der Waals surface area contributed by atoms with Crippen molar-refractivity contribution < 1.29 is 8.83 Å². The maximum absolute atomic E-state index is 6.60. The first-order chi connectivity index (χ1) is 26.5. The van der Waals surface area contributed by atoms with Gasteiger partial charge in [0.2, 0.25) is 0 Å². The standard InChI is InChI=1S/C51H33NO2/c1-51(2)42-25-20-31(29-41(42)48-43(51)26-24-39-37-12-5-8-17-47(37)54-50(39)48)32-21-27-45-40(28-32)35-10-3-6-15-44(35)52(45)33-22-18-30(19-23-33)34-13-9-14-38-36-11-4-7-16-46(36)53-49(34)38/h3-29H,1-2H3. The van der Waals surface area contributed by atoms with E-state index < -0.39 is 0 Å². The van der Waals surface area contributed by atoms with Gasteiger partial charge in [0.25, 0.3) is 0 Å². The third kappa shape index (κ3) is 3.96. The van der Waals surface area contributed by atoms with Crippen molar-refractivity contribution in [3.8, 4) is 39.1 Å². The van der Waals surface area contributed by atoms with Gasteiger partial charge in [-0.15, -0.1) is 0 Å². The van der Waals surface area contributed by atoms with E-state index in [1.807, 2.05) is 18.2 Å². The summed E-state index contributed by atoms with van der Waals surface area (Å²) in [5.74, 6) is 0. The molecule has 0 aliphatic heterocycles. The number of hydrogen-bond donors (Lipinski definition) is 0. The van der Waals surface area contributed by atoms with Gasteiger partial charge in [0.15, 0.2) is 0 Å². The summed E-state index contributed by atoms with van der Waals surface area (Å²) in [6.07, 6.45) is 0. The van der Waals surface area contributed by atoms with Crippen LogP contribution in [-0.4, -0.2) is 4.57 Å². The summed E-state index contributed by atoms with van der Waals surface area (Å²) in [7, 11) is 0. The Morgan fingerprint density at radius 1 is 0.407 bits per heavy atom. The molecule has 8 aromatic carbocycles. The third-order valence-electron chi connectivity index (χ3n) is 12.0. The monoisotopic (exact) mass is 691 g/mol. The maximum atomic E-state index is 6.60. The van der Waals surface area contributed by atoms with Crippen molar-refractivity contribution in [1.82, 2.24) is 4.57 Å².